The summed E-state index contributed by atoms with van der Waals surface area (Å²) in [6.07, 6.45) is 5.28. The van der Waals surface area contributed by atoms with Gasteiger partial charge in [0.1, 0.15) is 5.82 Å². The topological polar surface area (TPSA) is 54.5 Å². The van der Waals surface area contributed by atoms with Gasteiger partial charge in [0.15, 0.2) is 0 Å². The molecule has 0 spiro atoms. The van der Waals surface area contributed by atoms with E-state index in [-0.39, 0.29) is 17.9 Å². The van der Waals surface area contributed by atoms with Gasteiger partial charge in [-0.2, -0.15) is 0 Å². The molecule has 0 radical (unpaired) electrons. The summed E-state index contributed by atoms with van der Waals surface area (Å²) in [4.78, 5) is 18.9. The number of halogens is 1. The van der Waals surface area contributed by atoms with E-state index in [4.69, 9.17) is 16.3 Å². The largest absolute Gasteiger partial charge is 0.381 e. The SMILES string of the molecule is O=C(NC1CCOCC1)C1CCN(c2ccc(Cl)cn2)CC1. The number of hydrogen-bond acceptors (Lipinski definition) is 4. The number of rotatable bonds is 3. The third kappa shape index (κ3) is 3.90. The molecule has 0 aliphatic carbocycles. The number of anilines is 1. The van der Waals surface area contributed by atoms with Gasteiger partial charge in [-0.3, -0.25) is 4.79 Å². The van der Waals surface area contributed by atoms with Gasteiger partial charge in [0.25, 0.3) is 0 Å². The first-order valence-electron chi connectivity index (χ1n) is 7.97. The van der Waals surface area contributed by atoms with E-state index >= 15 is 0 Å². The van der Waals surface area contributed by atoms with E-state index in [1.807, 2.05) is 12.1 Å². The molecule has 2 saturated heterocycles. The van der Waals surface area contributed by atoms with Crippen LogP contribution in [0.4, 0.5) is 5.82 Å². The highest BCUT2D eigenvalue weighted by atomic mass is 35.5. The minimum absolute atomic E-state index is 0.117. The highest BCUT2D eigenvalue weighted by Crippen LogP contribution is 2.23. The molecule has 3 rings (SSSR count). The Morgan fingerprint density at radius 3 is 2.59 bits per heavy atom. The van der Waals surface area contributed by atoms with Gasteiger partial charge >= 0.3 is 0 Å². The summed E-state index contributed by atoms with van der Waals surface area (Å²) in [5.74, 6) is 1.26. The molecule has 0 atom stereocenters. The molecule has 1 aromatic rings. The third-order valence-electron chi connectivity index (χ3n) is 4.47. The highest BCUT2D eigenvalue weighted by molar-refractivity contribution is 6.30. The van der Waals surface area contributed by atoms with Crippen LogP contribution in [0.5, 0.6) is 0 Å². The summed E-state index contributed by atoms with van der Waals surface area (Å²) in [5.41, 5.74) is 0. The van der Waals surface area contributed by atoms with Crippen molar-refractivity contribution in [3.8, 4) is 0 Å². The number of amides is 1. The molecule has 0 saturated carbocycles. The van der Waals surface area contributed by atoms with E-state index in [1.54, 1.807) is 6.20 Å². The molecule has 1 aromatic heterocycles. The van der Waals surface area contributed by atoms with Crippen molar-refractivity contribution < 1.29 is 9.53 Å². The van der Waals surface area contributed by atoms with E-state index in [2.05, 4.69) is 15.2 Å². The molecule has 6 heteroatoms. The summed E-state index contributed by atoms with van der Waals surface area (Å²) in [6, 6.07) is 4.08. The number of carbonyl (C=O) groups excluding carboxylic acids is 1. The van der Waals surface area contributed by atoms with Crippen LogP contribution in [0.1, 0.15) is 25.7 Å². The first kappa shape index (κ1) is 15.6. The van der Waals surface area contributed by atoms with E-state index in [0.29, 0.717) is 5.02 Å². The monoisotopic (exact) mass is 323 g/mol. The van der Waals surface area contributed by atoms with Crippen molar-refractivity contribution in [1.82, 2.24) is 10.3 Å². The van der Waals surface area contributed by atoms with Gasteiger partial charge in [0.05, 0.1) is 5.02 Å². The van der Waals surface area contributed by atoms with Crippen LogP contribution in [0.3, 0.4) is 0 Å². The number of pyridine rings is 1. The van der Waals surface area contributed by atoms with Crippen molar-refractivity contribution in [3.05, 3.63) is 23.4 Å². The van der Waals surface area contributed by atoms with Gasteiger partial charge in [0, 0.05) is 44.5 Å². The van der Waals surface area contributed by atoms with Crippen LogP contribution in [0.25, 0.3) is 0 Å². The van der Waals surface area contributed by atoms with Crippen molar-refractivity contribution >= 4 is 23.3 Å². The molecule has 2 aliphatic rings. The van der Waals surface area contributed by atoms with Gasteiger partial charge in [-0.25, -0.2) is 4.98 Å². The molecule has 5 nitrogen and oxygen atoms in total. The molecule has 1 amide bonds. The molecule has 22 heavy (non-hydrogen) atoms. The van der Waals surface area contributed by atoms with E-state index in [1.165, 1.54) is 0 Å². The van der Waals surface area contributed by atoms with Gasteiger partial charge in [-0.15, -0.1) is 0 Å². The highest BCUT2D eigenvalue weighted by Gasteiger charge is 2.27. The lowest BCUT2D eigenvalue weighted by Gasteiger charge is -2.33. The summed E-state index contributed by atoms with van der Waals surface area (Å²) in [7, 11) is 0. The number of carbonyl (C=O) groups is 1. The van der Waals surface area contributed by atoms with Crippen molar-refractivity contribution in [3.63, 3.8) is 0 Å². The quantitative estimate of drug-likeness (QED) is 0.927. The lowest BCUT2D eigenvalue weighted by atomic mass is 9.95. The molecule has 1 N–H and O–H groups in total. The summed E-state index contributed by atoms with van der Waals surface area (Å²) >= 11 is 5.87. The Morgan fingerprint density at radius 2 is 1.95 bits per heavy atom. The van der Waals surface area contributed by atoms with Crippen LogP contribution in [-0.4, -0.2) is 43.2 Å². The van der Waals surface area contributed by atoms with Crippen LogP contribution in [-0.2, 0) is 9.53 Å². The van der Waals surface area contributed by atoms with Gasteiger partial charge in [0.2, 0.25) is 5.91 Å². The second kappa shape index (κ2) is 7.29. The lowest BCUT2D eigenvalue weighted by molar-refractivity contribution is -0.126. The number of aromatic nitrogens is 1. The minimum Gasteiger partial charge on any atom is -0.381 e. The molecule has 2 aliphatic heterocycles. The number of ether oxygens (including phenoxy) is 1. The summed E-state index contributed by atoms with van der Waals surface area (Å²) in [5, 5.41) is 3.83. The molecule has 0 unspecified atom stereocenters. The molecule has 120 valence electrons. The molecular weight excluding hydrogens is 302 g/mol. The fourth-order valence-corrected chi connectivity index (χ4v) is 3.20. The number of nitrogens with zero attached hydrogens (tertiary/aromatic N) is 2. The maximum absolute atomic E-state index is 12.4. The average Bonchev–Trinajstić information content (AvgIpc) is 2.57. The van der Waals surface area contributed by atoms with Gasteiger partial charge < -0.3 is 15.0 Å². The number of nitrogens with one attached hydrogen (secondary N) is 1. The Bertz CT molecular complexity index is 495. The van der Waals surface area contributed by atoms with Gasteiger partial charge in [-0.05, 0) is 37.8 Å². The van der Waals surface area contributed by atoms with E-state index in [0.717, 1.165) is 57.8 Å². The van der Waals surface area contributed by atoms with Crippen molar-refractivity contribution in [1.29, 1.82) is 0 Å². The smallest absolute Gasteiger partial charge is 0.223 e. The fraction of sp³-hybridized carbons (Fsp3) is 0.625. The summed E-state index contributed by atoms with van der Waals surface area (Å²) < 4.78 is 5.32. The summed E-state index contributed by atoms with van der Waals surface area (Å²) in [6.45, 7) is 3.23. The Morgan fingerprint density at radius 1 is 1.23 bits per heavy atom. The number of hydrogen-bond donors (Lipinski definition) is 1. The zero-order chi connectivity index (χ0) is 15.4. The maximum atomic E-state index is 12.4. The Balaban J connectivity index is 1.48. The maximum Gasteiger partial charge on any atom is 0.223 e. The predicted octanol–water partition coefficient (Wildman–Crippen LogP) is 2.25. The second-order valence-electron chi connectivity index (χ2n) is 5.99. The molecule has 2 fully saturated rings. The molecule has 3 heterocycles. The fourth-order valence-electron chi connectivity index (χ4n) is 3.09. The zero-order valence-electron chi connectivity index (χ0n) is 12.6. The predicted molar refractivity (Wildman–Crippen MR) is 86.2 cm³/mol. The van der Waals surface area contributed by atoms with Crippen molar-refractivity contribution in [2.75, 3.05) is 31.2 Å². The lowest BCUT2D eigenvalue weighted by Crippen LogP contribution is -2.45. The zero-order valence-corrected chi connectivity index (χ0v) is 13.4. The first-order valence-corrected chi connectivity index (χ1v) is 8.35. The third-order valence-corrected chi connectivity index (χ3v) is 4.69. The average molecular weight is 324 g/mol. The minimum atomic E-state index is 0.117. The van der Waals surface area contributed by atoms with E-state index < -0.39 is 0 Å². The standard InChI is InChI=1S/C16H22ClN3O2/c17-13-1-2-15(18-11-13)20-7-3-12(4-8-20)16(21)19-14-5-9-22-10-6-14/h1-2,11-12,14H,3-10H2,(H,19,21). The molecule has 0 aromatic carbocycles. The van der Waals surface area contributed by atoms with Gasteiger partial charge in [-0.1, -0.05) is 11.6 Å². The second-order valence-corrected chi connectivity index (χ2v) is 6.43. The normalized spacial score (nSPS) is 20.9. The van der Waals surface area contributed by atoms with Crippen LogP contribution in [0.15, 0.2) is 18.3 Å². The molecular formula is C16H22ClN3O2. The van der Waals surface area contributed by atoms with Crippen LogP contribution in [0, 0.1) is 5.92 Å². The Labute approximate surface area is 136 Å². The van der Waals surface area contributed by atoms with Crippen molar-refractivity contribution in [2.24, 2.45) is 5.92 Å². The van der Waals surface area contributed by atoms with Crippen molar-refractivity contribution in [2.45, 2.75) is 31.7 Å². The Hall–Kier alpha value is -1.33. The first-order chi connectivity index (χ1) is 10.7. The number of piperidine rings is 1. The molecule has 0 bridgehead atoms. The van der Waals surface area contributed by atoms with Crippen LogP contribution >= 0.6 is 11.6 Å². The van der Waals surface area contributed by atoms with E-state index in [9.17, 15) is 4.79 Å². The van der Waals surface area contributed by atoms with Crippen LogP contribution < -0.4 is 10.2 Å². The van der Waals surface area contributed by atoms with Crippen LogP contribution in [0.2, 0.25) is 5.02 Å². The Kier molecular flexibility index (Phi) is 5.16.